The molecule has 0 amide bonds. The van der Waals surface area contributed by atoms with Gasteiger partial charge in [-0.25, -0.2) is 0 Å². The maximum atomic E-state index is 7.26. The van der Waals surface area contributed by atoms with Crippen LogP contribution in [-0.4, -0.2) is 34.2 Å². The van der Waals surface area contributed by atoms with E-state index in [-0.39, 0.29) is 20.1 Å². The van der Waals surface area contributed by atoms with Crippen LogP contribution < -0.4 is 92.3 Å². The molecule has 6 aliphatic heterocycles. The first-order valence-electron chi connectivity index (χ1n) is 27.1. The first kappa shape index (κ1) is 44.9. The van der Waals surface area contributed by atoms with Crippen molar-refractivity contribution in [3.05, 3.63) is 231 Å². The lowest BCUT2D eigenvalue weighted by molar-refractivity contribution is 0.443. The number of benzene rings is 11. The fraction of sp³-hybridized carbons (Fsp3) is 0.0294. The van der Waals surface area contributed by atoms with Gasteiger partial charge in [-0.2, -0.15) is 0 Å². The van der Waals surface area contributed by atoms with Gasteiger partial charge < -0.3 is 43.1 Å². The molecule has 0 aromatic heterocycles. The zero-order valence-corrected chi connectivity index (χ0v) is 43.5. The van der Waals surface area contributed by atoms with E-state index in [0.717, 1.165) is 113 Å². The quantitative estimate of drug-likeness (QED) is 0.145. The van der Waals surface area contributed by atoms with Crippen molar-refractivity contribution in [2.24, 2.45) is 0 Å². The highest BCUT2D eigenvalue weighted by Gasteiger charge is 2.49. The number of rotatable bonds is 7. The molecule has 11 aromatic rings. The van der Waals surface area contributed by atoms with Crippen molar-refractivity contribution >= 4 is 109 Å². The van der Waals surface area contributed by atoms with Crippen LogP contribution in [-0.2, 0) is 0 Å². The van der Waals surface area contributed by atoms with E-state index in [0.29, 0.717) is 28.7 Å². The Morgan fingerprint density at radius 3 is 1.26 bits per heavy atom. The van der Waals surface area contributed by atoms with E-state index in [1.54, 1.807) is 0 Å². The molecule has 0 bridgehead atoms. The molecule has 0 unspecified atom stereocenters. The summed E-state index contributed by atoms with van der Waals surface area (Å²) in [7, 11) is 4.29. The minimum absolute atomic E-state index is 0.137. The molecule has 0 spiro atoms. The Bertz CT molecular complexity index is 4380. The molecule has 0 N–H and O–H groups in total. The molecule has 17 rings (SSSR count). The summed E-state index contributed by atoms with van der Waals surface area (Å²) in [5, 5.41) is 0. The fourth-order valence-corrected chi connectivity index (χ4v) is 13.3. The molecule has 376 valence electrons. The maximum Gasteiger partial charge on any atom is 0.260 e. The Kier molecular flexibility index (Phi) is 9.63. The Balaban J connectivity index is 0.876. The van der Waals surface area contributed by atoms with Crippen LogP contribution in [0.25, 0.3) is 0 Å². The van der Waals surface area contributed by atoms with Gasteiger partial charge in [-0.1, -0.05) is 121 Å². The van der Waals surface area contributed by atoms with Crippen LogP contribution in [0.4, 0.5) is 39.8 Å². The second-order valence-electron chi connectivity index (χ2n) is 21.2. The number of hydrogen-bond acceptors (Lipinski definition) is 9. The van der Waals surface area contributed by atoms with E-state index in [1.807, 2.05) is 115 Å². The topological polar surface area (TPSA) is 65.1 Å². The van der Waals surface area contributed by atoms with Gasteiger partial charge in [-0.15, -0.1) is 0 Å². The maximum absolute atomic E-state index is 7.26. The highest BCUT2D eigenvalue weighted by atomic mass is 16.5. The molecule has 6 heterocycles. The van der Waals surface area contributed by atoms with Crippen molar-refractivity contribution in [2.45, 2.75) is 0 Å². The zero-order valence-electron chi connectivity index (χ0n) is 43.5. The van der Waals surface area contributed by atoms with Gasteiger partial charge in [0.15, 0.2) is 0 Å². The van der Waals surface area contributed by atoms with Gasteiger partial charge in [-0.05, 0) is 104 Å². The van der Waals surface area contributed by atoms with E-state index >= 15 is 0 Å². The highest BCUT2D eigenvalue weighted by Crippen LogP contribution is 2.47. The van der Waals surface area contributed by atoms with Gasteiger partial charge in [0.2, 0.25) is 0 Å². The molecule has 0 aliphatic carbocycles. The molecule has 0 saturated carbocycles. The average Bonchev–Trinajstić information content (AvgIpc) is 2.83. The fourth-order valence-electron chi connectivity index (χ4n) is 13.3. The zero-order chi connectivity index (χ0) is 52.7. The summed E-state index contributed by atoms with van der Waals surface area (Å²) >= 11 is 0. The van der Waals surface area contributed by atoms with Gasteiger partial charge in [0.05, 0.1) is 0 Å². The lowest BCUT2D eigenvalue weighted by Gasteiger charge is -2.44. The molecule has 0 atom stereocenters. The molecule has 9 nitrogen and oxygen atoms in total. The first-order valence-corrected chi connectivity index (χ1v) is 27.1. The van der Waals surface area contributed by atoms with E-state index in [4.69, 9.17) is 28.4 Å². The van der Waals surface area contributed by atoms with Crippen LogP contribution in [0.1, 0.15) is 0 Å². The second kappa shape index (κ2) is 17.2. The van der Waals surface area contributed by atoms with Gasteiger partial charge in [0.25, 0.3) is 20.1 Å². The van der Waals surface area contributed by atoms with Gasteiger partial charge in [0, 0.05) is 108 Å². The molecule has 0 radical (unpaired) electrons. The summed E-state index contributed by atoms with van der Waals surface area (Å²) in [6.07, 6.45) is 0. The molecular weight excluding hydrogens is 987 g/mol. The molecule has 80 heavy (non-hydrogen) atoms. The van der Waals surface area contributed by atoms with Crippen LogP contribution in [0.3, 0.4) is 0 Å². The predicted molar refractivity (Wildman–Crippen MR) is 323 cm³/mol. The average molecular weight is 1030 g/mol. The Morgan fingerprint density at radius 1 is 0.275 bits per heavy atom. The minimum atomic E-state index is -0.288. The predicted octanol–water partition coefficient (Wildman–Crippen LogP) is 10.9. The monoisotopic (exact) mass is 1030 g/mol. The third-order valence-corrected chi connectivity index (χ3v) is 16.7. The molecule has 12 heteroatoms. The van der Waals surface area contributed by atoms with Crippen LogP contribution >= 0.6 is 0 Å². The molecular formula is C68H44B3N3O6. The Labute approximate surface area is 463 Å². The van der Waals surface area contributed by atoms with Gasteiger partial charge in [0.1, 0.15) is 69.0 Å². The lowest BCUT2D eigenvalue weighted by Crippen LogP contribution is -2.65. The highest BCUT2D eigenvalue weighted by molar-refractivity contribution is 7.03. The van der Waals surface area contributed by atoms with E-state index < -0.39 is 0 Å². The van der Waals surface area contributed by atoms with Gasteiger partial charge in [-0.3, -0.25) is 0 Å². The third kappa shape index (κ3) is 6.75. The summed E-state index contributed by atoms with van der Waals surface area (Å²) in [6, 6.07) is 79.6. The van der Waals surface area contributed by atoms with Crippen LogP contribution in [0.5, 0.6) is 69.0 Å². The number of ether oxygens (including phenoxy) is 6. The smallest absolute Gasteiger partial charge is 0.260 e. The third-order valence-electron chi connectivity index (χ3n) is 16.7. The first-order chi connectivity index (χ1) is 39.5. The molecule has 6 aliphatic rings. The van der Waals surface area contributed by atoms with Crippen molar-refractivity contribution < 1.29 is 28.4 Å². The van der Waals surface area contributed by atoms with Crippen LogP contribution in [0.15, 0.2) is 231 Å². The van der Waals surface area contributed by atoms with Gasteiger partial charge >= 0.3 is 0 Å². The van der Waals surface area contributed by atoms with Crippen molar-refractivity contribution in [1.82, 2.24) is 0 Å². The SMILES string of the molecule is CN1c2cc3c(cc2B2c4ccccc4Oc4cc(Oc5ccccc5)cc1c42)B1c2cc4c(cc2Oc2cc(Oc5ccccc5)cc(c21)O3)N(C)c1cc(Oc2ccccc2)cc2c1B4c1ccccc1N2c1ccccc1. The normalized spacial score (nSPS) is 13.8. The number of nitrogens with zero attached hydrogens (tertiary/aromatic N) is 3. The van der Waals surface area contributed by atoms with Crippen molar-refractivity contribution in [3.8, 4) is 69.0 Å². The lowest BCUT2D eigenvalue weighted by atomic mass is 9.30. The minimum Gasteiger partial charge on any atom is -0.458 e. The number of fused-ring (bicyclic) bond motifs is 12. The van der Waals surface area contributed by atoms with Crippen molar-refractivity contribution in [1.29, 1.82) is 0 Å². The van der Waals surface area contributed by atoms with Crippen molar-refractivity contribution in [2.75, 3.05) is 28.8 Å². The standard InChI is InChI=1S/C68H44B3N3O6/c1-72-55-39-61-52(37-50(55)69-48-27-15-17-29-54(48)74(41-19-7-3-8-20-41)59-33-45(31-57(72)66(59)69)75-42-21-9-4-10-22-42)71-53-38-51-56(40-62(53)80-65-36-47(35-64(79-61)68(65)71)77-44-25-13-6-14-26-44)73(2)58-32-46(76-43-23-11-5-12-24-43)34-63-67(58)70(51)49-28-16-18-30-60(49)78-63/h3-40H,1-2H3. The number of hydrogen-bond donors (Lipinski definition) is 0. The summed E-state index contributed by atoms with van der Waals surface area (Å²) < 4.78 is 41.2. The molecule has 0 fully saturated rings. The summed E-state index contributed by atoms with van der Waals surface area (Å²) in [4.78, 5) is 6.97. The number of para-hydroxylation sites is 6. The van der Waals surface area contributed by atoms with Crippen LogP contribution in [0, 0.1) is 0 Å². The van der Waals surface area contributed by atoms with E-state index in [9.17, 15) is 0 Å². The van der Waals surface area contributed by atoms with Crippen LogP contribution in [0.2, 0.25) is 0 Å². The largest absolute Gasteiger partial charge is 0.458 e. The second-order valence-corrected chi connectivity index (χ2v) is 21.2. The summed E-state index contributed by atoms with van der Waals surface area (Å²) in [6.45, 7) is -0.575. The van der Waals surface area contributed by atoms with E-state index in [2.05, 4.69) is 144 Å². The summed E-state index contributed by atoms with van der Waals surface area (Å²) in [5.74, 6) is 8.77. The summed E-state index contributed by atoms with van der Waals surface area (Å²) in [5.41, 5.74) is 17.4. The number of anilines is 7. The molecule has 0 saturated heterocycles. The Hall–Kier alpha value is -10.2. The molecule has 11 aromatic carbocycles. The van der Waals surface area contributed by atoms with Crippen molar-refractivity contribution in [3.63, 3.8) is 0 Å². The van der Waals surface area contributed by atoms with E-state index in [1.165, 1.54) is 16.4 Å². The Morgan fingerprint density at radius 2 is 0.688 bits per heavy atom.